The van der Waals surface area contributed by atoms with Crippen molar-refractivity contribution in [3.8, 4) is 0 Å². The second-order valence-electron chi connectivity index (χ2n) is 7.17. The van der Waals surface area contributed by atoms with Crippen molar-refractivity contribution >= 4 is 17.6 Å². The lowest BCUT2D eigenvalue weighted by molar-refractivity contribution is -0.136. The molecule has 1 rings (SSSR count). The smallest absolute Gasteiger partial charge is 0.245 e. The van der Waals surface area contributed by atoms with Gasteiger partial charge in [0.2, 0.25) is 11.8 Å². The van der Waals surface area contributed by atoms with Crippen LogP contribution in [0.15, 0.2) is 0 Å². The zero-order valence-electron chi connectivity index (χ0n) is 15.7. The molecule has 150 valence electrons. The lowest BCUT2D eigenvalue weighted by Crippen LogP contribution is -2.58. The number of aliphatic hydroxyl groups excluding tert-OH is 2. The van der Waals surface area contributed by atoms with Crippen LogP contribution in [0.25, 0.3) is 0 Å². The zero-order valence-corrected chi connectivity index (χ0v) is 15.7. The van der Waals surface area contributed by atoms with Crippen LogP contribution in [0.5, 0.6) is 0 Å². The Bertz CT molecular complexity index is 498. The van der Waals surface area contributed by atoms with E-state index in [2.05, 4.69) is 16.0 Å². The number of piperidine rings is 1. The van der Waals surface area contributed by atoms with Crippen LogP contribution >= 0.6 is 0 Å². The van der Waals surface area contributed by atoms with Gasteiger partial charge in [0, 0.05) is 19.0 Å². The summed E-state index contributed by atoms with van der Waals surface area (Å²) in [5.74, 6) is -1.99. The number of nitrogens with one attached hydrogen (secondary N) is 3. The fraction of sp³-hybridized carbons (Fsp3) is 0.824. The van der Waals surface area contributed by atoms with E-state index in [1.165, 1.54) is 6.92 Å². The van der Waals surface area contributed by atoms with Gasteiger partial charge in [0.15, 0.2) is 5.78 Å². The number of carbonyl (C=O) groups excluding carboxylic acids is 3. The summed E-state index contributed by atoms with van der Waals surface area (Å²) in [6.07, 6.45) is -1.21. The second-order valence-corrected chi connectivity index (χ2v) is 7.17. The molecule has 0 aromatic rings. The van der Waals surface area contributed by atoms with E-state index in [1.54, 1.807) is 13.8 Å². The Balaban J connectivity index is 2.76. The Kier molecular flexibility index (Phi) is 9.14. The van der Waals surface area contributed by atoms with Crippen LogP contribution in [0.2, 0.25) is 0 Å². The van der Waals surface area contributed by atoms with E-state index < -0.39 is 42.0 Å². The fourth-order valence-corrected chi connectivity index (χ4v) is 2.91. The number of β-amino-alcohol motifs (C(OH)–C–C–N with tert-alkyl or cyclic N) is 1. The molecule has 26 heavy (non-hydrogen) atoms. The summed E-state index contributed by atoms with van der Waals surface area (Å²) in [4.78, 5) is 37.1. The largest absolute Gasteiger partial charge is 0.392 e. The van der Waals surface area contributed by atoms with Crippen molar-refractivity contribution in [2.75, 3.05) is 19.6 Å². The highest BCUT2D eigenvalue weighted by Gasteiger charge is 2.33. The summed E-state index contributed by atoms with van der Waals surface area (Å²) in [5, 5.41) is 27.6. The highest BCUT2D eigenvalue weighted by Crippen LogP contribution is 2.12. The van der Waals surface area contributed by atoms with Crippen molar-refractivity contribution in [1.29, 1.82) is 0 Å². The van der Waals surface area contributed by atoms with Crippen molar-refractivity contribution in [3.05, 3.63) is 0 Å². The van der Waals surface area contributed by atoms with Gasteiger partial charge in [0.05, 0.1) is 24.2 Å². The van der Waals surface area contributed by atoms with Crippen molar-refractivity contribution < 1.29 is 24.6 Å². The Morgan fingerprint density at radius 2 is 1.85 bits per heavy atom. The fourth-order valence-electron chi connectivity index (χ4n) is 2.91. The van der Waals surface area contributed by atoms with E-state index in [9.17, 15) is 24.6 Å². The predicted octanol–water partition coefficient (Wildman–Crippen LogP) is -2.12. The van der Waals surface area contributed by atoms with Gasteiger partial charge >= 0.3 is 0 Å². The molecule has 1 fully saturated rings. The van der Waals surface area contributed by atoms with Gasteiger partial charge in [-0.3, -0.25) is 14.4 Å². The number of Topliss-reactive ketones (excluding diaryl/α,β-unsaturated/α-hetero) is 1. The average molecular weight is 372 g/mol. The van der Waals surface area contributed by atoms with Crippen LogP contribution in [0.3, 0.4) is 0 Å². The van der Waals surface area contributed by atoms with Crippen molar-refractivity contribution in [2.24, 2.45) is 17.6 Å². The minimum atomic E-state index is -1.19. The highest BCUT2D eigenvalue weighted by molar-refractivity contribution is 5.94. The van der Waals surface area contributed by atoms with E-state index in [1.807, 2.05) is 0 Å². The molecule has 0 spiro atoms. The number of hydrogen-bond donors (Lipinski definition) is 6. The molecule has 1 heterocycles. The summed E-state index contributed by atoms with van der Waals surface area (Å²) >= 11 is 0. The van der Waals surface area contributed by atoms with Crippen molar-refractivity contribution in [2.45, 2.75) is 57.9 Å². The van der Waals surface area contributed by atoms with E-state index in [0.717, 1.165) is 0 Å². The molecule has 1 aliphatic heterocycles. The molecule has 0 aliphatic carbocycles. The first-order valence-electron chi connectivity index (χ1n) is 9.08. The van der Waals surface area contributed by atoms with E-state index in [4.69, 9.17) is 5.73 Å². The molecule has 0 radical (unpaired) electrons. The number of aliphatic hydroxyl groups is 2. The minimum Gasteiger partial charge on any atom is -0.392 e. The number of hydrogen-bond acceptors (Lipinski definition) is 7. The molecule has 0 aromatic heterocycles. The molecule has 7 N–H and O–H groups in total. The first kappa shape index (κ1) is 22.5. The van der Waals surface area contributed by atoms with Crippen LogP contribution in [-0.4, -0.2) is 71.7 Å². The van der Waals surface area contributed by atoms with Crippen LogP contribution in [0.4, 0.5) is 0 Å². The number of carbonyl (C=O) groups is 3. The van der Waals surface area contributed by atoms with Gasteiger partial charge in [-0.05, 0) is 26.3 Å². The van der Waals surface area contributed by atoms with Gasteiger partial charge in [-0.25, -0.2) is 0 Å². The van der Waals surface area contributed by atoms with Gasteiger partial charge in [0.25, 0.3) is 0 Å². The van der Waals surface area contributed by atoms with E-state index in [-0.39, 0.29) is 31.1 Å². The molecular weight excluding hydrogens is 340 g/mol. The van der Waals surface area contributed by atoms with Crippen LogP contribution < -0.4 is 21.7 Å². The maximum atomic E-state index is 12.5. The lowest BCUT2D eigenvalue weighted by Gasteiger charge is -2.29. The van der Waals surface area contributed by atoms with Crippen LogP contribution in [0.1, 0.15) is 33.6 Å². The maximum Gasteiger partial charge on any atom is 0.245 e. The van der Waals surface area contributed by atoms with Crippen LogP contribution in [0, 0.1) is 11.8 Å². The third-order valence-corrected chi connectivity index (χ3v) is 4.45. The van der Waals surface area contributed by atoms with Gasteiger partial charge in [-0.1, -0.05) is 13.8 Å². The molecule has 0 bridgehead atoms. The topological polar surface area (TPSA) is 154 Å². The number of ketones is 1. The van der Waals surface area contributed by atoms with E-state index in [0.29, 0.717) is 13.1 Å². The van der Waals surface area contributed by atoms with Gasteiger partial charge in [-0.15, -0.1) is 0 Å². The molecule has 1 aliphatic rings. The number of nitrogens with two attached hydrogens (primary N) is 1. The van der Waals surface area contributed by atoms with E-state index >= 15 is 0 Å². The van der Waals surface area contributed by atoms with Crippen molar-refractivity contribution in [3.63, 3.8) is 0 Å². The second kappa shape index (κ2) is 10.6. The summed E-state index contributed by atoms with van der Waals surface area (Å²) in [6.45, 7) is 5.88. The lowest BCUT2D eigenvalue weighted by atomic mass is 9.95. The van der Waals surface area contributed by atoms with Crippen LogP contribution in [-0.2, 0) is 14.4 Å². The monoisotopic (exact) mass is 372 g/mol. The maximum absolute atomic E-state index is 12.5. The zero-order chi connectivity index (χ0) is 19.9. The molecule has 1 saturated heterocycles. The molecular formula is C17H32N4O5. The van der Waals surface area contributed by atoms with Crippen molar-refractivity contribution in [1.82, 2.24) is 16.0 Å². The average Bonchev–Trinajstić information content (AvgIpc) is 2.57. The van der Waals surface area contributed by atoms with Gasteiger partial charge in [0.1, 0.15) is 6.04 Å². The number of rotatable bonds is 9. The standard InChI is InChI=1S/C17H32N4O5/c1-9(2)15(24)13(4-5-18)20-17(26)14(10(3)22)21-16(25)11-6-12(23)8-19-7-11/h9-14,19,22-23H,4-8,18H2,1-3H3,(H,20,26)(H,21,25)/t10?,11?,12?,13-,14-/m0/s1. The predicted molar refractivity (Wildman–Crippen MR) is 96.0 cm³/mol. The first-order valence-corrected chi connectivity index (χ1v) is 9.08. The Morgan fingerprint density at radius 3 is 2.35 bits per heavy atom. The summed E-state index contributed by atoms with van der Waals surface area (Å²) in [7, 11) is 0. The molecule has 3 unspecified atom stereocenters. The molecule has 9 nitrogen and oxygen atoms in total. The number of amides is 2. The third kappa shape index (κ3) is 6.64. The Labute approximate surface area is 154 Å². The molecule has 2 amide bonds. The molecule has 0 aromatic carbocycles. The Hall–Kier alpha value is -1.55. The molecule has 5 atom stereocenters. The summed E-state index contributed by atoms with van der Waals surface area (Å²) in [5.41, 5.74) is 5.52. The molecule has 9 heteroatoms. The molecule has 0 saturated carbocycles. The van der Waals surface area contributed by atoms with Gasteiger partial charge < -0.3 is 31.9 Å². The minimum absolute atomic E-state index is 0.154. The Morgan fingerprint density at radius 1 is 1.19 bits per heavy atom. The highest BCUT2D eigenvalue weighted by atomic mass is 16.3. The third-order valence-electron chi connectivity index (χ3n) is 4.45. The first-order chi connectivity index (χ1) is 12.2. The normalized spacial score (nSPS) is 23.8. The van der Waals surface area contributed by atoms with Gasteiger partial charge in [-0.2, -0.15) is 0 Å². The SMILES string of the molecule is CC(C)C(=O)[C@H](CCN)NC(=O)[C@@H](NC(=O)C1CNCC(O)C1)C(C)O. The summed E-state index contributed by atoms with van der Waals surface area (Å²) < 4.78 is 0. The summed E-state index contributed by atoms with van der Waals surface area (Å²) in [6, 6.07) is -1.95. The quantitative estimate of drug-likeness (QED) is 0.270.